The summed E-state index contributed by atoms with van der Waals surface area (Å²) in [6, 6.07) is 5.88. The number of likely N-dealkylation sites (tertiary alicyclic amines) is 1. The van der Waals surface area contributed by atoms with E-state index >= 15 is 0 Å². The smallest absolute Gasteiger partial charge is 0.259 e. The number of hydrogen-bond donors (Lipinski definition) is 1. The molecule has 1 aliphatic heterocycles. The van der Waals surface area contributed by atoms with Crippen molar-refractivity contribution in [1.82, 2.24) is 20.4 Å². The van der Waals surface area contributed by atoms with Crippen molar-refractivity contribution in [3.05, 3.63) is 34.8 Å². The molecule has 142 valence electrons. The number of hydrogen-bond acceptors (Lipinski definition) is 6. The number of piperidine rings is 1. The Labute approximate surface area is 162 Å². The molecule has 1 aliphatic rings. The van der Waals surface area contributed by atoms with Crippen LogP contribution in [0.4, 0.5) is 0 Å². The number of thiophene rings is 1. The number of rotatable bonds is 5. The van der Waals surface area contributed by atoms with E-state index in [-0.39, 0.29) is 11.9 Å². The molecule has 0 radical (unpaired) electrons. The number of aryl methyl sites for hydroxylation is 1. The van der Waals surface area contributed by atoms with E-state index in [1.165, 1.54) is 19.3 Å². The molecule has 3 aromatic heterocycles. The first-order chi connectivity index (χ1) is 13.1. The zero-order chi connectivity index (χ0) is 18.8. The fraction of sp³-hybridized carbons (Fsp3) is 0.450. The Balaban J connectivity index is 1.59. The average Bonchev–Trinajstić information content (AvgIpc) is 3.32. The first kappa shape index (κ1) is 18.1. The molecule has 0 aliphatic carbocycles. The molecule has 27 heavy (non-hydrogen) atoms. The zero-order valence-electron chi connectivity index (χ0n) is 15.7. The first-order valence-corrected chi connectivity index (χ1v) is 10.3. The van der Waals surface area contributed by atoms with Crippen molar-refractivity contribution in [2.45, 2.75) is 39.2 Å². The van der Waals surface area contributed by atoms with Gasteiger partial charge in [-0.1, -0.05) is 17.6 Å². The van der Waals surface area contributed by atoms with Gasteiger partial charge in [0.1, 0.15) is 0 Å². The normalized spacial score (nSPS) is 16.5. The van der Waals surface area contributed by atoms with Gasteiger partial charge in [0.25, 0.3) is 11.6 Å². The van der Waals surface area contributed by atoms with Gasteiger partial charge < -0.3 is 14.7 Å². The number of aromatic nitrogens is 2. The molecule has 3 aromatic rings. The van der Waals surface area contributed by atoms with E-state index in [1.807, 2.05) is 30.5 Å². The van der Waals surface area contributed by atoms with E-state index in [1.54, 1.807) is 11.3 Å². The molecule has 1 saturated heterocycles. The van der Waals surface area contributed by atoms with Crippen LogP contribution in [0, 0.1) is 6.92 Å². The monoisotopic (exact) mass is 384 g/mol. The first-order valence-electron chi connectivity index (χ1n) is 9.46. The lowest BCUT2D eigenvalue weighted by atomic mass is 10.1. The maximum Gasteiger partial charge on any atom is 0.259 e. The van der Waals surface area contributed by atoms with Crippen molar-refractivity contribution in [2.75, 3.05) is 19.6 Å². The molecule has 0 bridgehead atoms. The fourth-order valence-electron chi connectivity index (χ4n) is 3.70. The number of amides is 1. The summed E-state index contributed by atoms with van der Waals surface area (Å²) in [5, 5.41) is 9.85. The number of fused-ring (bicyclic) bond motifs is 1. The van der Waals surface area contributed by atoms with Gasteiger partial charge in [0.15, 0.2) is 0 Å². The van der Waals surface area contributed by atoms with E-state index in [4.69, 9.17) is 4.52 Å². The molecule has 1 N–H and O–H groups in total. The van der Waals surface area contributed by atoms with Crippen molar-refractivity contribution in [2.24, 2.45) is 0 Å². The van der Waals surface area contributed by atoms with E-state index in [0.717, 1.165) is 30.2 Å². The molecule has 1 fully saturated rings. The molecule has 1 atom stereocenters. The lowest BCUT2D eigenvalue weighted by Gasteiger charge is -2.29. The van der Waals surface area contributed by atoms with Crippen LogP contribution in [0.3, 0.4) is 0 Å². The largest absolute Gasteiger partial charge is 0.348 e. The van der Waals surface area contributed by atoms with Crippen LogP contribution in [0.1, 0.15) is 42.2 Å². The topological polar surface area (TPSA) is 71.3 Å². The minimum absolute atomic E-state index is 0.0733. The van der Waals surface area contributed by atoms with E-state index in [2.05, 4.69) is 27.3 Å². The van der Waals surface area contributed by atoms with Gasteiger partial charge in [-0.25, -0.2) is 4.98 Å². The third kappa shape index (κ3) is 3.89. The fourth-order valence-corrected chi connectivity index (χ4v) is 4.39. The number of pyridine rings is 1. The Morgan fingerprint density at radius 3 is 2.93 bits per heavy atom. The molecular formula is C20H24N4O2S. The number of nitrogens with zero attached hydrogens (tertiary/aromatic N) is 3. The van der Waals surface area contributed by atoms with Gasteiger partial charge in [-0.05, 0) is 57.3 Å². The summed E-state index contributed by atoms with van der Waals surface area (Å²) in [5.41, 5.74) is 2.41. The highest BCUT2D eigenvalue weighted by molar-refractivity contribution is 7.13. The summed E-state index contributed by atoms with van der Waals surface area (Å²) in [6.45, 7) is 7.01. The Bertz CT molecular complexity index is 929. The van der Waals surface area contributed by atoms with Crippen LogP contribution in [0.15, 0.2) is 28.1 Å². The van der Waals surface area contributed by atoms with E-state index in [9.17, 15) is 4.79 Å². The quantitative estimate of drug-likeness (QED) is 0.723. The van der Waals surface area contributed by atoms with Crippen LogP contribution in [0.5, 0.6) is 0 Å². The predicted octanol–water partition coefficient (Wildman–Crippen LogP) is 3.86. The summed E-state index contributed by atoms with van der Waals surface area (Å²) in [6.07, 6.45) is 3.80. The minimum Gasteiger partial charge on any atom is -0.348 e. The Hall–Kier alpha value is -2.25. The van der Waals surface area contributed by atoms with Gasteiger partial charge in [0.05, 0.1) is 27.2 Å². The summed E-state index contributed by atoms with van der Waals surface area (Å²) in [4.78, 5) is 21.0. The van der Waals surface area contributed by atoms with Gasteiger partial charge in [0.2, 0.25) is 0 Å². The summed E-state index contributed by atoms with van der Waals surface area (Å²) in [5.74, 6) is -0.101. The molecule has 1 amide bonds. The van der Waals surface area contributed by atoms with Gasteiger partial charge in [-0.2, -0.15) is 0 Å². The maximum absolute atomic E-state index is 13.1. The molecule has 6 nitrogen and oxygen atoms in total. The number of carbonyl (C=O) groups is 1. The minimum atomic E-state index is -0.101. The highest BCUT2D eigenvalue weighted by Crippen LogP contribution is 2.29. The van der Waals surface area contributed by atoms with Crippen molar-refractivity contribution in [3.63, 3.8) is 0 Å². The van der Waals surface area contributed by atoms with Crippen LogP contribution in [0.2, 0.25) is 0 Å². The van der Waals surface area contributed by atoms with Crippen LogP contribution < -0.4 is 5.32 Å². The highest BCUT2D eigenvalue weighted by Gasteiger charge is 2.22. The maximum atomic E-state index is 13.1. The van der Waals surface area contributed by atoms with Crippen LogP contribution in [-0.2, 0) is 0 Å². The van der Waals surface area contributed by atoms with Crippen LogP contribution >= 0.6 is 11.3 Å². The molecular weight excluding hydrogens is 360 g/mol. The molecule has 0 aromatic carbocycles. The van der Waals surface area contributed by atoms with Crippen LogP contribution in [-0.4, -0.2) is 46.6 Å². The Morgan fingerprint density at radius 2 is 2.19 bits per heavy atom. The SMILES string of the molecule is Cc1noc2nc(-c3cccs3)cc(C(=O)N[C@H](C)CN3CCCCC3)c12. The van der Waals surface area contributed by atoms with Gasteiger partial charge >= 0.3 is 0 Å². The third-order valence-corrected chi connectivity index (χ3v) is 5.89. The number of nitrogens with one attached hydrogen (secondary N) is 1. The second-order valence-electron chi connectivity index (χ2n) is 7.22. The second-order valence-corrected chi connectivity index (χ2v) is 8.16. The standard InChI is InChI=1S/C20H24N4O2S/c1-13(12-24-8-4-3-5-9-24)21-19(25)15-11-16(17-7-6-10-27-17)22-20-18(15)14(2)23-26-20/h6-7,10-11,13H,3-5,8-9,12H2,1-2H3,(H,21,25)/t13-/m1/s1. The summed E-state index contributed by atoms with van der Waals surface area (Å²) < 4.78 is 5.36. The molecule has 0 spiro atoms. The van der Waals surface area contributed by atoms with Crippen molar-refractivity contribution >= 4 is 28.3 Å². The van der Waals surface area contributed by atoms with E-state index in [0.29, 0.717) is 22.4 Å². The van der Waals surface area contributed by atoms with Gasteiger partial charge in [-0.3, -0.25) is 4.79 Å². The molecule has 0 unspecified atom stereocenters. The molecule has 4 heterocycles. The third-order valence-electron chi connectivity index (χ3n) is 4.99. The zero-order valence-corrected chi connectivity index (χ0v) is 16.5. The van der Waals surface area contributed by atoms with Gasteiger partial charge in [-0.15, -0.1) is 11.3 Å². The highest BCUT2D eigenvalue weighted by atomic mass is 32.1. The summed E-state index contributed by atoms with van der Waals surface area (Å²) in [7, 11) is 0. The van der Waals surface area contributed by atoms with E-state index < -0.39 is 0 Å². The lowest BCUT2D eigenvalue weighted by Crippen LogP contribution is -2.43. The second kappa shape index (κ2) is 7.78. The molecule has 7 heteroatoms. The van der Waals surface area contributed by atoms with Crippen molar-refractivity contribution < 1.29 is 9.32 Å². The lowest BCUT2D eigenvalue weighted by molar-refractivity contribution is 0.0927. The average molecular weight is 385 g/mol. The van der Waals surface area contributed by atoms with Crippen molar-refractivity contribution in [1.29, 1.82) is 0 Å². The number of carbonyl (C=O) groups excluding carboxylic acids is 1. The molecule has 0 saturated carbocycles. The van der Waals surface area contributed by atoms with Crippen molar-refractivity contribution in [3.8, 4) is 10.6 Å². The summed E-state index contributed by atoms with van der Waals surface area (Å²) >= 11 is 1.59. The Kier molecular flexibility index (Phi) is 5.22. The molecule has 4 rings (SSSR count). The van der Waals surface area contributed by atoms with Gasteiger partial charge in [0, 0.05) is 12.6 Å². The Morgan fingerprint density at radius 1 is 1.37 bits per heavy atom. The van der Waals surface area contributed by atoms with Crippen LogP contribution in [0.25, 0.3) is 21.7 Å². The predicted molar refractivity (Wildman–Crippen MR) is 107 cm³/mol.